The molecule has 2 atom stereocenters. The molecule has 34 heavy (non-hydrogen) atoms. The Morgan fingerprint density at radius 2 is 1.82 bits per heavy atom. The maximum absolute atomic E-state index is 13.2. The van der Waals surface area contributed by atoms with Gasteiger partial charge >= 0.3 is 0 Å². The summed E-state index contributed by atoms with van der Waals surface area (Å²) >= 11 is 0. The summed E-state index contributed by atoms with van der Waals surface area (Å²) in [6.07, 6.45) is 6.98. The summed E-state index contributed by atoms with van der Waals surface area (Å²) < 4.78 is 11.0. The van der Waals surface area contributed by atoms with Crippen LogP contribution in [-0.4, -0.2) is 36.5 Å². The predicted octanol–water partition coefficient (Wildman–Crippen LogP) is 6.17. The van der Waals surface area contributed by atoms with E-state index in [9.17, 15) is 14.7 Å². The largest absolute Gasteiger partial charge is 0.497 e. The lowest BCUT2D eigenvalue weighted by Gasteiger charge is -2.40. The Morgan fingerprint density at radius 3 is 2.41 bits per heavy atom. The molecule has 1 N–H and O–H groups in total. The van der Waals surface area contributed by atoms with Gasteiger partial charge in [-0.05, 0) is 76.5 Å². The summed E-state index contributed by atoms with van der Waals surface area (Å²) in [7, 11) is 3.32. The van der Waals surface area contributed by atoms with E-state index in [1.165, 1.54) is 0 Å². The quantitative estimate of drug-likeness (QED) is 0.368. The molecule has 0 aliphatic heterocycles. The van der Waals surface area contributed by atoms with Crippen LogP contribution in [0, 0.1) is 17.8 Å². The van der Waals surface area contributed by atoms with Crippen LogP contribution in [0.5, 0.6) is 11.5 Å². The summed E-state index contributed by atoms with van der Waals surface area (Å²) in [6.45, 7) is 11.6. The minimum absolute atomic E-state index is 0.174. The molecule has 2 rings (SSSR count). The van der Waals surface area contributed by atoms with Gasteiger partial charge in [-0.15, -0.1) is 0 Å². The molecule has 1 aromatic carbocycles. The molecule has 0 bridgehead atoms. The van der Waals surface area contributed by atoms with E-state index in [-0.39, 0.29) is 17.0 Å². The molecule has 5 nitrogen and oxygen atoms in total. The van der Waals surface area contributed by atoms with E-state index >= 15 is 0 Å². The molecule has 1 aliphatic carbocycles. The average Bonchev–Trinajstić information content (AvgIpc) is 3.04. The topological polar surface area (TPSA) is 72.8 Å². The van der Waals surface area contributed by atoms with Gasteiger partial charge in [0.1, 0.15) is 23.1 Å². The molecule has 0 radical (unpaired) electrons. The zero-order valence-corrected chi connectivity index (χ0v) is 22.5. The smallest absolute Gasteiger partial charge is 0.139 e. The summed E-state index contributed by atoms with van der Waals surface area (Å²) in [5, 5.41) is 10.1. The van der Waals surface area contributed by atoms with Crippen LogP contribution in [0.4, 0.5) is 0 Å². The van der Waals surface area contributed by atoms with E-state index in [2.05, 4.69) is 13.0 Å². The highest BCUT2D eigenvalue weighted by molar-refractivity contribution is 5.88. The Hall–Kier alpha value is -2.14. The zero-order chi connectivity index (χ0) is 25.7. The number of ether oxygens (including phenoxy) is 2. The van der Waals surface area contributed by atoms with Crippen LogP contribution in [0.25, 0.3) is 0 Å². The molecule has 1 aliphatic rings. The van der Waals surface area contributed by atoms with Crippen LogP contribution in [-0.2, 0) is 16.0 Å². The van der Waals surface area contributed by atoms with Crippen molar-refractivity contribution in [2.75, 3.05) is 14.2 Å². The molecule has 0 heterocycles. The minimum Gasteiger partial charge on any atom is -0.497 e. The number of rotatable bonds is 12. The number of allylic oxidation sites excluding steroid dienone is 2. The van der Waals surface area contributed by atoms with Gasteiger partial charge in [0, 0.05) is 30.2 Å². The van der Waals surface area contributed by atoms with Gasteiger partial charge in [-0.3, -0.25) is 9.59 Å². The van der Waals surface area contributed by atoms with Crippen molar-refractivity contribution < 1.29 is 24.2 Å². The van der Waals surface area contributed by atoms with E-state index in [1.54, 1.807) is 28.1 Å². The van der Waals surface area contributed by atoms with Crippen LogP contribution < -0.4 is 9.47 Å². The van der Waals surface area contributed by atoms with Crippen LogP contribution in [0.15, 0.2) is 23.8 Å². The van der Waals surface area contributed by atoms with Crippen LogP contribution in [0.1, 0.15) is 90.7 Å². The summed E-state index contributed by atoms with van der Waals surface area (Å²) in [5.74, 6) is 1.98. The van der Waals surface area contributed by atoms with Gasteiger partial charge in [0.2, 0.25) is 0 Å². The number of hydrogen-bond acceptors (Lipinski definition) is 5. The number of ketones is 2. The minimum atomic E-state index is -0.858. The second-order valence-corrected chi connectivity index (χ2v) is 11.3. The first kappa shape index (κ1) is 28.1. The Bertz CT molecular complexity index is 923. The Kier molecular flexibility index (Phi) is 9.15. The van der Waals surface area contributed by atoms with E-state index in [4.69, 9.17) is 9.47 Å². The standard InChI is InChI=1S/C29H44O5/c1-20(10-11-22-18-24(33-7)17-21(2)26(22)34-8)16-23(30)19-28(5)13-9-14-29(28,6)25(31)12-15-27(3,4)32/h10,17-18,32H,9,11-16,19H2,1-8H3/b20-10+/t28-,29+/m1/s1. The SMILES string of the molecule is COc1cc(C)c(OC)c(C/C=C(\C)CC(=O)C[C@@]2(C)CCC[C@@]2(C)C(=O)CCC(C)(C)O)c1. The first-order valence-electron chi connectivity index (χ1n) is 12.4. The van der Waals surface area contributed by atoms with Crippen LogP contribution in [0.3, 0.4) is 0 Å². The second kappa shape index (κ2) is 11.1. The maximum Gasteiger partial charge on any atom is 0.139 e. The van der Waals surface area contributed by atoms with Crippen molar-refractivity contribution >= 4 is 11.6 Å². The summed E-state index contributed by atoms with van der Waals surface area (Å²) in [4.78, 5) is 26.3. The number of Topliss-reactive ketones (excluding diaryl/α,β-unsaturated/α-hetero) is 2. The number of methoxy groups -OCH3 is 2. The van der Waals surface area contributed by atoms with Gasteiger partial charge in [0.15, 0.2) is 0 Å². The Balaban J connectivity index is 2.07. The second-order valence-electron chi connectivity index (χ2n) is 11.3. The fraction of sp³-hybridized carbons (Fsp3) is 0.655. The third-order valence-electron chi connectivity index (χ3n) is 7.82. The monoisotopic (exact) mass is 472 g/mol. The highest BCUT2D eigenvalue weighted by atomic mass is 16.5. The van der Waals surface area contributed by atoms with Crippen LogP contribution >= 0.6 is 0 Å². The van der Waals surface area contributed by atoms with Crippen molar-refractivity contribution in [3.63, 3.8) is 0 Å². The lowest BCUT2D eigenvalue weighted by atomic mass is 9.62. The number of carbonyl (C=O) groups is 2. The van der Waals surface area contributed by atoms with E-state index in [0.717, 1.165) is 47.5 Å². The van der Waals surface area contributed by atoms with E-state index in [1.807, 2.05) is 32.9 Å². The molecular formula is C29H44O5. The molecular weight excluding hydrogens is 428 g/mol. The van der Waals surface area contributed by atoms with Gasteiger partial charge in [-0.25, -0.2) is 0 Å². The molecule has 1 fully saturated rings. The number of carbonyl (C=O) groups excluding carboxylic acids is 2. The number of aryl methyl sites for hydroxylation is 1. The third kappa shape index (κ3) is 6.71. The van der Waals surface area contributed by atoms with Crippen molar-refractivity contribution in [3.8, 4) is 11.5 Å². The fourth-order valence-corrected chi connectivity index (χ4v) is 5.40. The molecule has 0 amide bonds. The fourth-order valence-electron chi connectivity index (χ4n) is 5.40. The Labute approximate surface area is 205 Å². The number of aliphatic hydroxyl groups is 1. The van der Waals surface area contributed by atoms with Crippen LogP contribution in [0.2, 0.25) is 0 Å². The molecule has 1 aromatic rings. The summed E-state index contributed by atoms with van der Waals surface area (Å²) in [6, 6.07) is 3.92. The van der Waals surface area contributed by atoms with Crippen molar-refractivity contribution in [1.29, 1.82) is 0 Å². The molecule has 0 unspecified atom stereocenters. The normalized spacial score (nSPS) is 23.1. The molecule has 5 heteroatoms. The maximum atomic E-state index is 13.2. The zero-order valence-electron chi connectivity index (χ0n) is 22.5. The number of benzene rings is 1. The first-order valence-corrected chi connectivity index (χ1v) is 12.4. The number of hydrogen-bond donors (Lipinski definition) is 1. The van der Waals surface area contributed by atoms with Gasteiger partial charge < -0.3 is 14.6 Å². The first-order chi connectivity index (χ1) is 15.7. The van der Waals surface area contributed by atoms with Gasteiger partial charge in [0.05, 0.1) is 19.8 Å². The molecule has 190 valence electrons. The molecule has 1 saturated carbocycles. The van der Waals surface area contributed by atoms with Crippen molar-refractivity contribution in [2.24, 2.45) is 10.8 Å². The van der Waals surface area contributed by atoms with Gasteiger partial charge in [-0.1, -0.05) is 31.9 Å². The van der Waals surface area contributed by atoms with E-state index < -0.39 is 11.0 Å². The Morgan fingerprint density at radius 1 is 1.15 bits per heavy atom. The highest BCUT2D eigenvalue weighted by Crippen LogP contribution is 2.56. The van der Waals surface area contributed by atoms with Crippen molar-refractivity contribution in [3.05, 3.63) is 34.9 Å². The lowest BCUT2D eigenvalue weighted by Crippen LogP contribution is -2.41. The van der Waals surface area contributed by atoms with Gasteiger partial charge in [-0.2, -0.15) is 0 Å². The highest BCUT2D eigenvalue weighted by Gasteiger charge is 2.53. The van der Waals surface area contributed by atoms with Gasteiger partial charge in [0.25, 0.3) is 0 Å². The third-order valence-corrected chi connectivity index (χ3v) is 7.82. The summed E-state index contributed by atoms with van der Waals surface area (Å²) in [5.41, 5.74) is 1.35. The average molecular weight is 473 g/mol. The predicted molar refractivity (Wildman–Crippen MR) is 137 cm³/mol. The van der Waals surface area contributed by atoms with Crippen molar-refractivity contribution in [1.82, 2.24) is 0 Å². The molecule has 0 aromatic heterocycles. The molecule has 0 spiro atoms. The molecule has 0 saturated heterocycles. The lowest BCUT2D eigenvalue weighted by molar-refractivity contribution is -0.136. The van der Waals surface area contributed by atoms with Crippen molar-refractivity contribution in [2.45, 2.75) is 98.5 Å². The van der Waals surface area contributed by atoms with E-state index in [0.29, 0.717) is 32.1 Å².